The Balaban J connectivity index is 1.90. The number of benzene rings is 1. The highest BCUT2D eigenvalue weighted by atomic mass is 32.2. The molecule has 6 heteroatoms. The van der Waals surface area contributed by atoms with E-state index >= 15 is 0 Å². The van der Waals surface area contributed by atoms with Gasteiger partial charge in [0.15, 0.2) is 9.84 Å². The molecule has 122 valence electrons. The zero-order chi connectivity index (χ0) is 16.2. The zero-order valence-electron chi connectivity index (χ0n) is 12.9. The third-order valence-corrected chi connectivity index (χ3v) is 6.47. The SMILES string of the molecule is Cc1ccc(S(=O)(=O)C2CCN(CCCC(=O)O)CC2)cc1. The Morgan fingerprint density at radius 3 is 2.36 bits per heavy atom. The second-order valence-electron chi connectivity index (χ2n) is 5.90. The summed E-state index contributed by atoms with van der Waals surface area (Å²) in [6, 6.07) is 7.02. The van der Waals surface area contributed by atoms with E-state index < -0.39 is 15.8 Å². The molecule has 0 aromatic heterocycles. The molecule has 0 unspecified atom stereocenters. The van der Waals surface area contributed by atoms with Crippen LogP contribution in [0.4, 0.5) is 0 Å². The van der Waals surface area contributed by atoms with Gasteiger partial charge >= 0.3 is 5.97 Å². The molecule has 1 N–H and O–H groups in total. The Labute approximate surface area is 131 Å². The molecule has 0 atom stereocenters. The number of rotatable bonds is 6. The van der Waals surface area contributed by atoms with Crippen molar-refractivity contribution in [1.29, 1.82) is 0 Å². The first-order valence-electron chi connectivity index (χ1n) is 7.64. The van der Waals surface area contributed by atoms with Crippen molar-refractivity contribution in [1.82, 2.24) is 4.90 Å². The summed E-state index contributed by atoms with van der Waals surface area (Å²) >= 11 is 0. The van der Waals surface area contributed by atoms with Crippen LogP contribution in [0.3, 0.4) is 0 Å². The minimum absolute atomic E-state index is 0.168. The Bertz CT molecular complexity index is 602. The van der Waals surface area contributed by atoms with Crippen LogP contribution >= 0.6 is 0 Å². The first kappa shape index (κ1) is 17.0. The van der Waals surface area contributed by atoms with Gasteiger partial charge in [0.2, 0.25) is 0 Å². The predicted octanol–water partition coefficient (Wildman–Crippen LogP) is 2.10. The van der Waals surface area contributed by atoms with Crippen LogP contribution in [0.1, 0.15) is 31.2 Å². The first-order valence-corrected chi connectivity index (χ1v) is 9.19. The van der Waals surface area contributed by atoms with Gasteiger partial charge < -0.3 is 10.0 Å². The van der Waals surface area contributed by atoms with Gasteiger partial charge in [-0.05, 0) is 58.0 Å². The second-order valence-corrected chi connectivity index (χ2v) is 8.12. The molecule has 0 radical (unpaired) electrons. The van der Waals surface area contributed by atoms with E-state index in [1.165, 1.54) is 0 Å². The van der Waals surface area contributed by atoms with Gasteiger partial charge in [-0.15, -0.1) is 0 Å². The third kappa shape index (κ3) is 4.30. The molecule has 1 aliphatic rings. The maximum atomic E-state index is 12.6. The molecule has 0 aliphatic carbocycles. The van der Waals surface area contributed by atoms with E-state index in [1.807, 2.05) is 19.1 Å². The van der Waals surface area contributed by atoms with E-state index in [9.17, 15) is 13.2 Å². The average molecular weight is 325 g/mol. The number of piperidine rings is 1. The van der Waals surface area contributed by atoms with E-state index in [1.54, 1.807) is 12.1 Å². The number of aliphatic carboxylic acids is 1. The van der Waals surface area contributed by atoms with Gasteiger partial charge in [0.1, 0.15) is 0 Å². The summed E-state index contributed by atoms with van der Waals surface area (Å²) < 4.78 is 25.2. The second kappa shape index (κ2) is 7.24. The lowest BCUT2D eigenvalue weighted by Crippen LogP contribution is -2.39. The van der Waals surface area contributed by atoms with Crippen LogP contribution in [0.5, 0.6) is 0 Å². The molecule has 1 fully saturated rings. The smallest absolute Gasteiger partial charge is 0.303 e. The predicted molar refractivity (Wildman–Crippen MR) is 84.7 cm³/mol. The van der Waals surface area contributed by atoms with E-state index in [4.69, 9.17) is 5.11 Å². The number of carbonyl (C=O) groups is 1. The molecule has 0 bridgehead atoms. The highest BCUT2D eigenvalue weighted by molar-refractivity contribution is 7.92. The van der Waals surface area contributed by atoms with Crippen LogP contribution in [0.15, 0.2) is 29.2 Å². The number of nitrogens with zero attached hydrogens (tertiary/aromatic N) is 1. The van der Waals surface area contributed by atoms with Gasteiger partial charge in [-0.3, -0.25) is 4.79 Å². The minimum Gasteiger partial charge on any atom is -0.481 e. The van der Waals surface area contributed by atoms with Gasteiger partial charge in [-0.1, -0.05) is 17.7 Å². The monoisotopic (exact) mass is 325 g/mol. The average Bonchev–Trinajstić information content (AvgIpc) is 2.48. The molecule has 1 aromatic carbocycles. The Morgan fingerprint density at radius 1 is 1.23 bits per heavy atom. The van der Waals surface area contributed by atoms with Crippen molar-refractivity contribution in [2.24, 2.45) is 0 Å². The van der Waals surface area contributed by atoms with Gasteiger partial charge in [0, 0.05) is 6.42 Å². The third-order valence-electron chi connectivity index (χ3n) is 4.19. The van der Waals surface area contributed by atoms with E-state index in [0.717, 1.165) is 25.2 Å². The van der Waals surface area contributed by atoms with Crippen LogP contribution < -0.4 is 0 Å². The number of aryl methyl sites for hydroxylation is 1. The summed E-state index contributed by atoms with van der Waals surface area (Å²) in [5.74, 6) is -0.781. The van der Waals surface area contributed by atoms with Gasteiger partial charge in [-0.2, -0.15) is 0 Å². The molecule has 0 saturated carbocycles. The number of hydrogen-bond acceptors (Lipinski definition) is 4. The van der Waals surface area contributed by atoms with Crippen LogP contribution in [0.25, 0.3) is 0 Å². The number of carboxylic acids is 1. The molecule has 5 nitrogen and oxygen atoms in total. The van der Waals surface area contributed by atoms with Crippen LogP contribution in [-0.4, -0.2) is 49.3 Å². The zero-order valence-corrected chi connectivity index (χ0v) is 13.7. The molecule has 2 rings (SSSR count). The van der Waals surface area contributed by atoms with Crippen molar-refractivity contribution >= 4 is 15.8 Å². The molecule has 1 aromatic rings. The largest absolute Gasteiger partial charge is 0.481 e. The van der Waals surface area contributed by atoms with E-state index in [0.29, 0.717) is 24.2 Å². The standard InChI is InChI=1S/C16H23NO4S/c1-13-4-6-14(7-5-13)22(20,21)15-8-11-17(12-9-15)10-2-3-16(18)19/h4-7,15H,2-3,8-12H2,1H3,(H,18,19). The molecule has 0 amide bonds. The van der Waals surface area contributed by atoms with Crippen molar-refractivity contribution in [3.63, 3.8) is 0 Å². The van der Waals surface area contributed by atoms with E-state index in [-0.39, 0.29) is 11.7 Å². The molecular weight excluding hydrogens is 302 g/mol. The van der Waals surface area contributed by atoms with Crippen molar-refractivity contribution in [2.75, 3.05) is 19.6 Å². The summed E-state index contributed by atoms with van der Waals surface area (Å²) in [5, 5.41) is 8.31. The Hall–Kier alpha value is -1.40. The van der Waals surface area contributed by atoms with Crippen LogP contribution in [0, 0.1) is 6.92 Å². The maximum Gasteiger partial charge on any atom is 0.303 e. The topological polar surface area (TPSA) is 74.7 Å². The molecule has 1 saturated heterocycles. The molecule has 1 aliphatic heterocycles. The number of sulfone groups is 1. The Kier molecular flexibility index (Phi) is 5.58. The van der Waals surface area contributed by atoms with Crippen molar-refractivity contribution in [3.05, 3.63) is 29.8 Å². The van der Waals surface area contributed by atoms with Crippen LogP contribution in [0.2, 0.25) is 0 Å². The Morgan fingerprint density at radius 2 is 1.82 bits per heavy atom. The highest BCUT2D eigenvalue weighted by Gasteiger charge is 2.31. The quantitative estimate of drug-likeness (QED) is 0.867. The van der Waals surface area contributed by atoms with Gasteiger partial charge in [-0.25, -0.2) is 8.42 Å². The number of likely N-dealkylation sites (tertiary alicyclic amines) is 1. The molecule has 1 heterocycles. The fraction of sp³-hybridized carbons (Fsp3) is 0.562. The van der Waals surface area contributed by atoms with Crippen molar-refractivity contribution in [2.45, 2.75) is 42.8 Å². The number of hydrogen-bond donors (Lipinski definition) is 1. The number of carboxylic acid groups (broad SMARTS) is 1. The first-order chi connectivity index (χ1) is 10.4. The van der Waals surface area contributed by atoms with Gasteiger partial charge in [0.25, 0.3) is 0 Å². The molecule has 0 spiro atoms. The molecule has 22 heavy (non-hydrogen) atoms. The summed E-state index contributed by atoms with van der Waals surface area (Å²) in [4.78, 5) is 13.1. The summed E-state index contributed by atoms with van der Waals surface area (Å²) in [6.45, 7) is 4.10. The fourth-order valence-corrected chi connectivity index (χ4v) is 4.55. The van der Waals surface area contributed by atoms with Gasteiger partial charge in [0.05, 0.1) is 10.1 Å². The lowest BCUT2D eigenvalue weighted by molar-refractivity contribution is -0.137. The van der Waals surface area contributed by atoms with Crippen molar-refractivity contribution in [3.8, 4) is 0 Å². The molecular formula is C16H23NO4S. The maximum absolute atomic E-state index is 12.6. The summed E-state index contributed by atoms with van der Waals surface area (Å²) in [6.07, 6.45) is 2.01. The highest BCUT2D eigenvalue weighted by Crippen LogP contribution is 2.25. The minimum atomic E-state index is -3.26. The van der Waals surface area contributed by atoms with E-state index in [2.05, 4.69) is 4.90 Å². The summed E-state index contributed by atoms with van der Waals surface area (Å²) in [5.41, 5.74) is 1.05. The van der Waals surface area contributed by atoms with Crippen LogP contribution in [-0.2, 0) is 14.6 Å². The van der Waals surface area contributed by atoms with Crippen molar-refractivity contribution < 1.29 is 18.3 Å². The normalized spacial score (nSPS) is 17.5. The lowest BCUT2D eigenvalue weighted by Gasteiger charge is -2.31. The lowest BCUT2D eigenvalue weighted by atomic mass is 10.1. The fourth-order valence-electron chi connectivity index (χ4n) is 2.82. The summed E-state index contributed by atoms with van der Waals surface area (Å²) in [7, 11) is -3.26.